The van der Waals surface area contributed by atoms with Crippen LogP contribution >= 0.6 is 0 Å². The molecule has 2 atom stereocenters. The van der Waals surface area contributed by atoms with E-state index in [2.05, 4.69) is 29.2 Å². The number of hydrogen-bond acceptors (Lipinski definition) is 4. The zero-order valence-electron chi connectivity index (χ0n) is 16.6. The molecule has 2 N–H and O–H groups in total. The molecule has 0 bridgehead atoms. The SMILES string of the molecule is OC[C@H](Cc1ccccc1)N(Cc1ccccc1)C[C@H](O)COc1ccccc1. The Balaban J connectivity index is 1.67. The second-order valence-electron chi connectivity index (χ2n) is 7.22. The molecular formula is C25H29NO3. The van der Waals surface area contributed by atoms with Crippen LogP contribution in [0.5, 0.6) is 5.75 Å². The Labute approximate surface area is 173 Å². The van der Waals surface area contributed by atoms with Crippen LogP contribution in [0.4, 0.5) is 0 Å². The fourth-order valence-electron chi connectivity index (χ4n) is 3.39. The molecule has 0 aliphatic carbocycles. The van der Waals surface area contributed by atoms with Crippen molar-refractivity contribution in [2.24, 2.45) is 0 Å². The number of aliphatic hydroxyl groups is 2. The van der Waals surface area contributed by atoms with Gasteiger partial charge < -0.3 is 14.9 Å². The fourth-order valence-corrected chi connectivity index (χ4v) is 3.39. The first-order chi connectivity index (χ1) is 14.2. The zero-order valence-corrected chi connectivity index (χ0v) is 16.6. The smallest absolute Gasteiger partial charge is 0.119 e. The molecule has 0 fully saturated rings. The monoisotopic (exact) mass is 391 g/mol. The average molecular weight is 392 g/mol. The van der Waals surface area contributed by atoms with E-state index >= 15 is 0 Å². The van der Waals surface area contributed by atoms with Gasteiger partial charge in [0.25, 0.3) is 0 Å². The fraction of sp³-hybridized carbons (Fsp3) is 0.280. The van der Waals surface area contributed by atoms with E-state index < -0.39 is 6.10 Å². The van der Waals surface area contributed by atoms with Gasteiger partial charge in [0.15, 0.2) is 0 Å². The zero-order chi connectivity index (χ0) is 20.3. The predicted molar refractivity (Wildman–Crippen MR) is 116 cm³/mol. The third kappa shape index (κ3) is 7.02. The summed E-state index contributed by atoms with van der Waals surface area (Å²) in [5.41, 5.74) is 2.31. The molecule has 0 unspecified atom stereocenters. The van der Waals surface area contributed by atoms with E-state index in [1.807, 2.05) is 66.7 Å². The Kier molecular flexibility index (Phi) is 8.25. The number of para-hydroxylation sites is 1. The summed E-state index contributed by atoms with van der Waals surface area (Å²) in [6.07, 6.45) is 0.0555. The minimum Gasteiger partial charge on any atom is -0.491 e. The van der Waals surface area contributed by atoms with Crippen LogP contribution in [0.1, 0.15) is 11.1 Å². The van der Waals surface area contributed by atoms with E-state index in [4.69, 9.17) is 4.74 Å². The quantitative estimate of drug-likeness (QED) is 0.525. The summed E-state index contributed by atoms with van der Waals surface area (Å²) in [5.74, 6) is 0.740. The maximum atomic E-state index is 10.6. The summed E-state index contributed by atoms with van der Waals surface area (Å²) in [6, 6.07) is 29.7. The lowest BCUT2D eigenvalue weighted by Crippen LogP contribution is -2.44. The maximum Gasteiger partial charge on any atom is 0.119 e. The van der Waals surface area contributed by atoms with Gasteiger partial charge in [0.2, 0.25) is 0 Å². The Hall–Kier alpha value is -2.66. The standard InChI is InChI=1S/C25H29NO3/c27-19-23(16-21-10-4-1-5-11-21)26(17-22-12-6-2-7-13-22)18-24(28)20-29-25-14-8-3-9-15-25/h1-15,23-24,27-28H,16-20H2/t23-,24-/m0/s1. The molecule has 3 aromatic rings. The van der Waals surface area contributed by atoms with Crippen LogP contribution in [-0.2, 0) is 13.0 Å². The summed E-state index contributed by atoms with van der Waals surface area (Å²) in [7, 11) is 0. The van der Waals surface area contributed by atoms with Crippen molar-refractivity contribution >= 4 is 0 Å². The van der Waals surface area contributed by atoms with Crippen LogP contribution in [0, 0.1) is 0 Å². The molecule has 4 nitrogen and oxygen atoms in total. The highest BCUT2D eigenvalue weighted by molar-refractivity contribution is 5.21. The molecule has 0 aliphatic rings. The van der Waals surface area contributed by atoms with E-state index in [9.17, 15) is 10.2 Å². The van der Waals surface area contributed by atoms with E-state index in [-0.39, 0.29) is 19.3 Å². The molecule has 152 valence electrons. The Morgan fingerprint density at radius 2 is 1.31 bits per heavy atom. The molecule has 3 rings (SSSR count). The van der Waals surface area contributed by atoms with Gasteiger partial charge in [-0.1, -0.05) is 78.9 Å². The second kappa shape index (κ2) is 11.4. The average Bonchev–Trinajstić information content (AvgIpc) is 2.78. The number of ether oxygens (including phenoxy) is 1. The summed E-state index contributed by atoms with van der Waals surface area (Å²) >= 11 is 0. The van der Waals surface area contributed by atoms with Crippen LogP contribution in [-0.4, -0.2) is 47.0 Å². The molecule has 0 aromatic heterocycles. The maximum absolute atomic E-state index is 10.6. The minimum atomic E-state index is -0.663. The van der Waals surface area contributed by atoms with E-state index in [1.165, 1.54) is 5.56 Å². The van der Waals surface area contributed by atoms with Crippen LogP contribution in [0.25, 0.3) is 0 Å². The highest BCUT2D eigenvalue weighted by atomic mass is 16.5. The van der Waals surface area contributed by atoms with Crippen LogP contribution < -0.4 is 4.74 Å². The van der Waals surface area contributed by atoms with Gasteiger partial charge in [-0.2, -0.15) is 0 Å². The number of benzene rings is 3. The Morgan fingerprint density at radius 1 is 0.759 bits per heavy atom. The van der Waals surface area contributed by atoms with Gasteiger partial charge in [-0.3, -0.25) is 4.90 Å². The highest BCUT2D eigenvalue weighted by Gasteiger charge is 2.22. The van der Waals surface area contributed by atoms with Crippen molar-refractivity contribution in [1.29, 1.82) is 0 Å². The number of hydrogen-bond donors (Lipinski definition) is 2. The Bertz CT molecular complexity index is 811. The first-order valence-corrected chi connectivity index (χ1v) is 10.0. The highest BCUT2D eigenvalue weighted by Crippen LogP contribution is 2.15. The lowest BCUT2D eigenvalue weighted by molar-refractivity contribution is 0.0335. The van der Waals surface area contributed by atoms with E-state index in [1.54, 1.807) is 0 Å². The lowest BCUT2D eigenvalue weighted by Gasteiger charge is -2.32. The van der Waals surface area contributed by atoms with Gasteiger partial charge >= 0.3 is 0 Å². The van der Waals surface area contributed by atoms with Crippen LogP contribution in [0.2, 0.25) is 0 Å². The van der Waals surface area contributed by atoms with Crippen molar-refractivity contribution in [3.05, 3.63) is 102 Å². The first kappa shape index (κ1) is 21.1. The third-order valence-electron chi connectivity index (χ3n) is 4.90. The first-order valence-electron chi connectivity index (χ1n) is 10.0. The van der Waals surface area contributed by atoms with Crippen molar-refractivity contribution in [1.82, 2.24) is 4.90 Å². The minimum absolute atomic E-state index is 0.0218. The predicted octanol–water partition coefficient (Wildman–Crippen LogP) is 3.53. The van der Waals surface area contributed by atoms with Gasteiger partial charge in [0, 0.05) is 19.1 Å². The van der Waals surface area contributed by atoms with E-state index in [0.717, 1.165) is 17.7 Å². The Morgan fingerprint density at radius 3 is 1.90 bits per heavy atom. The largest absolute Gasteiger partial charge is 0.491 e. The number of rotatable bonds is 11. The van der Waals surface area contributed by atoms with Gasteiger partial charge in [0.1, 0.15) is 18.5 Å². The van der Waals surface area contributed by atoms with Crippen molar-refractivity contribution in [3.63, 3.8) is 0 Å². The molecule has 0 aliphatic heterocycles. The van der Waals surface area contributed by atoms with Crippen LogP contribution in [0.3, 0.4) is 0 Å². The van der Waals surface area contributed by atoms with Gasteiger partial charge in [-0.05, 0) is 29.7 Å². The van der Waals surface area contributed by atoms with Crippen molar-refractivity contribution in [2.75, 3.05) is 19.8 Å². The third-order valence-corrected chi connectivity index (χ3v) is 4.90. The lowest BCUT2D eigenvalue weighted by atomic mass is 10.0. The van der Waals surface area contributed by atoms with E-state index in [0.29, 0.717) is 13.1 Å². The second-order valence-corrected chi connectivity index (χ2v) is 7.22. The van der Waals surface area contributed by atoms with Crippen molar-refractivity contribution < 1.29 is 14.9 Å². The molecule has 0 spiro atoms. The molecule has 0 radical (unpaired) electrons. The number of nitrogens with zero attached hydrogens (tertiary/aromatic N) is 1. The molecule has 29 heavy (non-hydrogen) atoms. The summed E-state index contributed by atoms with van der Waals surface area (Å²) < 4.78 is 5.71. The number of aliphatic hydroxyl groups excluding tert-OH is 2. The molecule has 0 amide bonds. The molecular weight excluding hydrogens is 362 g/mol. The molecule has 0 saturated heterocycles. The van der Waals surface area contributed by atoms with Crippen molar-refractivity contribution in [3.8, 4) is 5.75 Å². The normalized spacial score (nSPS) is 13.2. The van der Waals surface area contributed by atoms with Gasteiger partial charge in [-0.15, -0.1) is 0 Å². The topological polar surface area (TPSA) is 52.9 Å². The van der Waals surface area contributed by atoms with Gasteiger partial charge in [0.05, 0.1) is 6.61 Å². The van der Waals surface area contributed by atoms with Crippen molar-refractivity contribution in [2.45, 2.75) is 25.1 Å². The summed E-state index contributed by atoms with van der Waals surface area (Å²) in [4.78, 5) is 2.14. The summed E-state index contributed by atoms with van der Waals surface area (Å²) in [5, 5.41) is 20.7. The summed E-state index contributed by atoms with van der Waals surface area (Å²) in [6.45, 7) is 1.30. The molecule has 4 heteroatoms. The molecule has 3 aromatic carbocycles. The van der Waals surface area contributed by atoms with Gasteiger partial charge in [-0.25, -0.2) is 0 Å². The molecule has 0 saturated carbocycles. The van der Waals surface area contributed by atoms with Crippen LogP contribution in [0.15, 0.2) is 91.0 Å². The molecule has 0 heterocycles.